The summed E-state index contributed by atoms with van der Waals surface area (Å²) in [6.07, 6.45) is 2.18. The molecule has 0 bridgehead atoms. The van der Waals surface area contributed by atoms with E-state index in [1.54, 1.807) is 0 Å². The van der Waals surface area contributed by atoms with Crippen molar-refractivity contribution >= 4 is 22.1 Å². The van der Waals surface area contributed by atoms with Crippen molar-refractivity contribution in [3.05, 3.63) is 59.8 Å². The third-order valence-electron chi connectivity index (χ3n) is 4.63. The number of aromatic nitrogens is 2. The average molecular weight is 317 g/mol. The van der Waals surface area contributed by atoms with Crippen molar-refractivity contribution in [2.75, 3.05) is 0 Å². The lowest BCUT2D eigenvalue weighted by molar-refractivity contribution is -0.661. The minimum atomic E-state index is 0.511. The standard InChI is InChI=1S/C21H21N2O/c1-13(2)15-9-10-18(23(4)12-15)20-14(3)11-17-16-7-5-6-8-19(16)24-21(17)22-20/h5-13H,1-4H3/q+1. The number of hydrogen-bond acceptors (Lipinski definition) is 2. The first-order chi connectivity index (χ1) is 11.5. The van der Waals surface area contributed by atoms with E-state index in [9.17, 15) is 0 Å². The van der Waals surface area contributed by atoms with Crippen molar-refractivity contribution in [1.82, 2.24) is 4.98 Å². The van der Waals surface area contributed by atoms with Crippen LogP contribution in [0.2, 0.25) is 0 Å². The zero-order valence-corrected chi connectivity index (χ0v) is 14.5. The quantitative estimate of drug-likeness (QED) is 0.492. The molecule has 0 aliphatic carbocycles. The van der Waals surface area contributed by atoms with Crippen LogP contribution in [0.1, 0.15) is 30.9 Å². The van der Waals surface area contributed by atoms with Crippen molar-refractivity contribution in [2.45, 2.75) is 26.7 Å². The van der Waals surface area contributed by atoms with Gasteiger partial charge in [-0.2, -0.15) is 4.57 Å². The summed E-state index contributed by atoms with van der Waals surface area (Å²) in [6, 6.07) is 14.6. The summed E-state index contributed by atoms with van der Waals surface area (Å²) in [6.45, 7) is 6.53. The summed E-state index contributed by atoms with van der Waals surface area (Å²) in [4.78, 5) is 4.83. The number of nitrogens with zero attached hydrogens (tertiary/aromatic N) is 2. The average Bonchev–Trinajstić information content (AvgIpc) is 2.92. The zero-order chi connectivity index (χ0) is 16.8. The van der Waals surface area contributed by atoms with Crippen LogP contribution in [0.5, 0.6) is 0 Å². The van der Waals surface area contributed by atoms with Gasteiger partial charge in [0.1, 0.15) is 18.3 Å². The fourth-order valence-corrected chi connectivity index (χ4v) is 3.23. The Hall–Kier alpha value is -2.68. The lowest BCUT2D eigenvalue weighted by atomic mass is 10.0. The molecule has 3 aromatic heterocycles. The van der Waals surface area contributed by atoms with Crippen LogP contribution in [0, 0.1) is 6.92 Å². The number of furan rings is 1. The summed E-state index contributed by atoms with van der Waals surface area (Å²) in [7, 11) is 2.07. The Labute approximate surface area is 141 Å². The molecule has 0 spiro atoms. The van der Waals surface area contributed by atoms with E-state index in [2.05, 4.69) is 62.8 Å². The molecule has 4 aromatic rings. The highest BCUT2D eigenvalue weighted by molar-refractivity contribution is 6.04. The van der Waals surface area contributed by atoms with Crippen LogP contribution in [-0.2, 0) is 7.05 Å². The van der Waals surface area contributed by atoms with Crippen molar-refractivity contribution in [1.29, 1.82) is 0 Å². The van der Waals surface area contributed by atoms with E-state index in [0.29, 0.717) is 11.6 Å². The van der Waals surface area contributed by atoms with E-state index >= 15 is 0 Å². The summed E-state index contributed by atoms with van der Waals surface area (Å²) in [5.41, 5.74) is 6.13. The number of pyridine rings is 2. The Morgan fingerprint density at radius 1 is 1.04 bits per heavy atom. The van der Waals surface area contributed by atoms with Gasteiger partial charge >= 0.3 is 0 Å². The largest absolute Gasteiger partial charge is 0.438 e. The van der Waals surface area contributed by atoms with E-state index in [-0.39, 0.29) is 0 Å². The van der Waals surface area contributed by atoms with Gasteiger partial charge in [0, 0.05) is 22.4 Å². The van der Waals surface area contributed by atoms with E-state index in [4.69, 9.17) is 9.40 Å². The van der Waals surface area contributed by atoms with Gasteiger partial charge in [-0.1, -0.05) is 32.0 Å². The molecule has 1 aromatic carbocycles. The second-order valence-electron chi connectivity index (χ2n) is 6.72. The molecule has 0 N–H and O–H groups in total. The second kappa shape index (κ2) is 5.45. The topological polar surface area (TPSA) is 29.9 Å². The molecule has 0 radical (unpaired) electrons. The fourth-order valence-electron chi connectivity index (χ4n) is 3.23. The predicted molar refractivity (Wildman–Crippen MR) is 97.0 cm³/mol. The molecule has 3 nitrogen and oxygen atoms in total. The van der Waals surface area contributed by atoms with Crippen LogP contribution >= 0.6 is 0 Å². The van der Waals surface area contributed by atoms with Gasteiger partial charge in [0.25, 0.3) is 0 Å². The lowest BCUT2D eigenvalue weighted by Crippen LogP contribution is -2.31. The Balaban J connectivity index is 1.94. The summed E-state index contributed by atoms with van der Waals surface area (Å²) in [5.74, 6) is 0.511. The molecule has 0 amide bonds. The Bertz CT molecular complexity index is 1060. The minimum Gasteiger partial charge on any atom is -0.438 e. The van der Waals surface area contributed by atoms with E-state index in [1.165, 1.54) is 5.56 Å². The first-order valence-corrected chi connectivity index (χ1v) is 8.33. The smallest absolute Gasteiger partial charge is 0.231 e. The predicted octanol–water partition coefficient (Wildman–Crippen LogP) is 4.90. The first kappa shape index (κ1) is 14.9. The molecule has 0 fully saturated rings. The van der Waals surface area contributed by atoms with Gasteiger partial charge in [0.15, 0.2) is 6.20 Å². The highest BCUT2D eigenvalue weighted by Gasteiger charge is 2.18. The van der Waals surface area contributed by atoms with Crippen LogP contribution in [-0.4, -0.2) is 4.98 Å². The third kappa shape index (κ3) is 2.28. The molecule has 0 atom stereocenters. The monoisotopic (exact) mass is 317 g/mol. The number of aryl methyl sites for hydroxylation is 2. The Morgan fingerprint density at radius 3 is 2.58 bits per heavy atom. The normalized spacial score (nSPS) is 11.7. The molecule has 0 unspecified atom stereocenters. The molecule has 0 saturated carbocycles. The molecule has 24 heavy (non-hydrogen) atoms. The van der Waals surface area contributed by atoms with Crippen molar-refractivity contribution in [2.24, 2.45) is 7.05 Å². The Kier molecular flexibility index (Phi) is 3.38. The molecule has 4 rings (SSSR count). The first-order valence-electron chi connectivity index (χ1n) is 8.33. The van der Waals surface area contributed by atoms with Crippen molar-refractivity contribution < 1.29 is 8.98 Å². The SMILES string of the molecule is Cc1cc2c(nc1-c1ccc(C(C)C)c[n+]1C)oc1ccccc12. The highest BCUT2D eigenvalue weighted by atomic mass is 16.3. The van der Waals surface area contributed by atoms with Crippen LogP contribution in [0.15, 0.2) is 53.1 Å². The molecule has 0 aliphatic rings. The van der Waals surface area contributed by atoms with Crippen LogP contribution < -0.4 is 4.57 Å². The van der Waals surface area contributed by atoms with Gasteiger partial charge in [0.05, 0.1) is 0 Å². The summed E-state index contributed by atoms with van der Waals surface area (Å²) < 4.78 is 8.10. The minimum absolute atomic E-state index is 0.511. The molecule has 3 heteroatoms. The van der Waals surface area contributed by atoms with Gasteiger partial charge in [-0.15, -0.1) is 0 Å². The summed E-state index contributed by atoms with van der Waals surface area (Å²) in [5, 5.41) is 2.20. The van der Waals surface area contributed by atoms with Crippen molar-refractivity contribution in [3.8, 4) is 11.4 Å². The van der Waals surface area contributed by atoms with Gasteiger partial charge in [-0.3, -0.25) is 0 Å². The van der Waals surface area contributed by atoms with E-state index in [1.807, 2.05) is 18.2 Å². The molecule has 0 saturated heterocycles. The van der Waals surface area contributed by atoms with E-state index in [0.717, 1.165) is 33.3 Å². The van der Waals surface area contributed by atoms with Crippen LogP contribution in [0.3, 0.4) is 0 Å². The van der Waals surface area contributed by atoms with Crippen LogP contribution in [0.25, 0.3) is 33.5 Å². The maximum Gasteiger partial charge on any atom is 0.231 e. The van der Waals surface area contributed by atoms with E-state index < -0.39 is 0 Å². The van der Waals surface area contributed by atoms with Gasteiger partial charge in [-0.25, -0.2) is 4.98 Å². The third-order valence-corrected chi connectivity index (χ3v) is 4.63. The number of hydrogen-bond donors (Lipinski definition) is 0. The van der Waals surface area contributed by atoms with Gasteiger partial charge in [0.2, 0.25) is 11.4 Å². The van der Waals surface area contributed by atoms with Crippen LogP contribution in [0.4, 0.5) is 0 Å². The number of benzene rings is 1. The highest BCUT2D eigenvalue weighted by Crippen LogP contribution is 2.31. The molecule has 120 valence electrons. The maximum atomic E-state index is 5.95. The van der Waals surface area contributed by atoms with Gasteiger partial charge < -0.3 is 4.42 Å². The Morgan fingerprint density at radius 2 is 1.83 bits per heavy atom. The lowest BCUT2D eigenvalue weighted by Gasteiger charge is -2.07. The molecular weight excluding hydrogens is 296 g/mol. The fraction of sp³-hybridized carbons (Fsp3) is 0.238. The number of fused-ring (bicyclic) bond motifs is 3. The number of para-hydroxylation sites is 1. The van der Waals surface area contributed by atoms with Crippen molar-refractivity contribution in [3.63, 3.8) is 0 Å². The van der Waals surface area contributed by atoms with Gasteiger partial charge in [-0.05, 0) is 36.6 Å². The maximum absolute atomic E-state index is 5.95. The molecule has 0 aliphatic heterocycles. The number of rotatable bonds is 2. The molecular formula is C21H21N2O+. The second-order valence-corrected chi connectivity index (χ2v) is 6.72. The summed E-state index contributed by atoms with van der Waals surface area (Å²) >= 11 is 0. The zero-order valence-electron chi connectivity index (χ0n) is 14.5. The molecule has 3 heterocycles.